The van der Waals surface area contributed by atoms with E-state index < -0.39 is 0 Å². The Morgan fingerprint density at radius 1 is 0.630 bits per heavy atom. The monoisotopic (exact) mass is 404 g/mol. The number of nitrogens with one attached hydrogen (secondary N) is 1. The van der Waals surface area contributed by atoms with Crippen molar-refractivity contribution in [3.8, 4) is 0 Å². The predicted molar refractivity (Wildman–Crippen MR) is 129 cm³/mol. The van der Waals surface area contributed by atoms with Crippen LogP contribution in [0.1, 0.15) is 110 Å². The maximum Gasteiger partial charge on any atom is 0.0132 e. The third-order valence-corrected chi connectivity index (χ3v) is 4.50. The van der Waals surface area contributed by atoms with Gasteiger partial charge in [-0.3, -0.25) is 0 Å². The van der Waals surface area contributed by atoms with Crippen molar-refractivity contribution in [1.29, 1.82) is 0 Å². The van der Waals surface area contributed by atoms with Crippen LogP contribution in [0.15, 0.2) is 12.7 Å². The van der Waals surface area contributed by atoms with Crippen LogP contribution in [0.2, 0.25) is 0 Å². The number of hydrogen-bond acceptors (Lipinski definition) is 2. The van der Waals surface area contributed by atoms with E-state index in [2.05, 4.69) is 18.8 Å². The maximum absolute atomic E-state index is 3.71. The maximum atomic E-state index is 3.71. The Balaban J connectivity index is -0.00000104. The van der Waals surface area contributed by atoms with E-state index in [1.165, 1.54) is 103 Å². The number of rotatable bonds is 19. The highest BCUT2D eigenvalue weighted by atomic mass is 35.5. The van der Waals surface area contributed by atoms with Crippen LogP contribution in [-0.2, 0) is 0 Å². The average Bonchev–Trinajstić information content (AvgIpc) is 2.60. The Bertz CT molecular complexity index is 242. The molecule has 166 valence electrons. The molecule has 0 aromatic carbocycles. The van der Waals surface area contributed by atoms with Gasteiger partial charge in [0.25, 0.3) is 0 Å². The molecule has 0 saturated heterocycles. The van der Waals surface area contributed by atoms with Gasteiger partial charge >= 0.3 is 0 Å². The van der Waals surface area contributed by atoms with Gasteiger partial charge in [0.2, 0.25) is 0 Å². The fourth-order valence-electron chi connectivity index (χ4n) is 3.00. The van der Waals surface area contributed by atoms with Crippen LogP contribution in [0, 0.1) is 0 Å². The molecule has 0 aliphatic carbocycles. The SMILES string of the molecule is C=CCNCCCCCCCCCCCCCCCCCC.CN(C)C.Cl. The summed E-state index contributed by atoms with van der Waals surface area (Å²) in [6.07, 6.45) is 25.0. The minimum absolute atomic E-state index is 0. The van der Waals surface area contributed by atoms with Gasteiger partial charge in [0.05, 0.1) is 0 Å². The van der Waals surface area contributed by atoms with Crippen LogP contribution < -0.4 is 5.32 Å². The Morgan fingerprint density at radius 2 is 0.926 bits per heavy atom. The Hall–Kier alpha value is -0.0500. The van der Waals surface area contributed by atoms with E-state index in [1.54, 1.807) is 0 Å². The summed E-state index contributed by atoms with van der Waals surface area (Å²) in [6, 6.07) is 0. The molecular formula is C24H53ClN2. The lowest BCUT2D eigenvalue weighted by atomic mass is 10.0. The van der Waals surface area contributed by atoms with Crippen molar-refractivity contribution < 1.29 is 0 Å². The van der Waals surface area contributed by atoms with Gasteiger partial charge in [0, 0.05) is 6.54 Å². The lowest BCUT2D eigenvalue weighted by Gasteiger charge is -2.04. The van der Waals surface area contributed by atoms with Gasteiger partial charge in [0.15, 0.2) is 0 Å². The van der Waals surface area contributed by atoms with Crippen molar-refractivity contribution in [3.05, 3.63) is 12.7 Å². The topological polar surface area (TPSA) is 15.3 Å². The highest BCUT2D eigenvalue weighted by Crippen LogP contribution is 2.13. The Morgan fingerprint density at radius 3 is 1.22 bits per heavy atom. The second-order valence-corrected chi connectivity index (χ2v) is 8.14. The molecule has 0 bridgehead atoms. The number of halogens is 1. The van der Waals surface area contributed by atoms with Gasteiger partial charge in [0.1, 0.15) is 0 Å². The zero-order valence-electron chi connectivity index (χ0n) is 19.4. The van der Waals surface area contributed by atoms with Crippen molar-refractivity contribution in [3.63, 3.8) is 0 Å². The lowest BCUT2D eigenvalue weighted by Crippen LogP contribution is -2.14. The molecule has 0 aromatic heterocycles. The molecule has 0 fully saturated rings. The highest BCUT2D eigenvalue weighted by Gasteiger charge is 1.94. The summed E-state index contributed by atoms with van der Waals surface area (Å²) >= 11 is 0. The molecule has 0 saturated carbocycles. The lowest BCUT2D eigenvalue weighted by molar-refractivity contribution is 0.505. The second kappa shape index (κ2) is 30.7. The van der Waals surface area contributed by atoms with E-state index >= 15 is 0 Å². The van der Waals surface area contributed by atoms with Gasteiger partial charge < -0.3 is 10.2 Å². The number of nitrogens with zero attached hydrogens (tertiary/aromatic N) is 1. The minimum Gasteiger partial charge on any atom is -0.313 e. The van der Waals surface area contributed by atoms with Crippen molar-refractivity contribution >= 4 is 12.4 Å². The zero-order chi connectivity index (χ0) is 19.7. The van der Waals surface area contributed by atoms with Gasteiger partial charge in [-0.05, 0) is 34.1 Å². The van der Waals surface area contributed by atoms with Crippen LogP contribution in [0.3, 0.4) is 0 Å². The fourth-order valence-corrected chi connectivity index (χ4v) is 3.00. The van der Waals surface area contributed by atoms with Crippen LogP contribution >= 0.6 is 12.4 Å². The molecule has 0 rings (SSSR count). The first-order valence-corrected chi connectivity index (χ1v) is 11.6. The summed E-state index contributed by atoms with van der Waals surface area (Å²) in [5, 5.41) is 3.37. The molecule has 0 aliphatic heterocycles. The molecule has 0 aromatic rings. The molecule has 0 aliphatic rings. The summed E-state index contributed by atoms with van der Waals surface area (Å²) in [6.45, 7) is 8.12. The molecule has 27 heavy (non-hydrogen) atoms. The van der Waals surface area contributed by atoms with Gasteiger partial charge in [-0.15, -0.1) is 19.0 Å². The average molecular weight is 405 g/mol. The molecule has 3 heteroatoms. The Kier molecular flexibility index (Phi) is 35.9. The highest BCUT2D eigenvalue weighted by molar-refractivity contribution is 5.85. The van der Waals surface area contributed by atoms with E-state index in [0.717, 1.165) is 13.1 Å². The van der Waals surface area contributed by atoms with E-state index in [1.807, 2.05) is 32.1 Å². The second-order valence-electron chi connectivity index (χ2n) is 8.14. The van der Waals surface area contributed by atoms with E-state index in [9.17, 15) is 0 Å². The molecule has 1 N–H and O–H groups in total. The Labute approximate surface area is 179 Å². The molecule has 2 nitrogen and oxygen atoms in total. The molecule has 0 atom stereocenters. The normalized spacial score (nSPS) is 10.3. The van der Waals surface area contributed by atoms with Gasteiger partial charge in [-0.1, -0.05) is 109 Å². The summed E-state index contributed by atoms with van der Waals surface area (Å²) in [7, 11) is 6.00. The predicted octanol–water partition coefficient (Wildman–Crippen LogP) is 7.62. The first kappa shape index (κ1) is 31.6. The minimum atomic E-state index is 0. The molecule has 0 unspecified atom stereocenters. The third-order valence-electron chi connectivity index (χ3n) is 4.50. The quantitative estimate of drug-likeness (QED) is 0.176. The summed E-state index contributed by atoms with van der Waals surface area (Å²) in [5.74, 6) is 0. The van der Waals surface area contributed by atoms with Crippen molar-refractivity contribution in [1.82, 2.24) is 10.2 Å². The van der Waals surface area contributed by atoms with Crippen LogP contribution in [-0.4, -0.2) is 39.1 Å². The van der Waals surface area contributed by atoms with Crippen molar-refractivity contribution in [2.75, 3.05) is 34.2 Å². The third kappa shape index (κ3) is 41.5. The van der Waals surface area contributed by atoms with Crippen LogP contribution in [0.25, 0.3) is 0 Å². The van der Waals surface area contributed by atoms with E-state index in [4.69, 9.17) is 0 Å². The van der Waals surface area contributed by atoms with Crippen molar-refractivity contribution in [2.45, 2.75) is 110 Å². The van der Waals surface area contributed by atoms with E-state index in [-0.39, 0.29) is 12.4 Å². The fraction of sp³-hybridized carbons (Fsp3) is 0.917. The standard InChI is InChI=1S/C21H43N.C3H9N.ClH/c1-3-5-6-7-8-9-10-11-12-13-14-15-16-17-18-19-21-22-20-4-2;1-4(2)3;/h4,22H,2-3,5-21H2,1H3;1-3H3;1H. The first-order valence-electron chi connectivity index (χ1n) is 11.6. The zero-order valence-corrected chi connectivity index (χ0v) is 20.2. The smallest absolute Gasteiger partial charge is 0.0132 e. The van der Waals surface area contributed by atoms with Gasteiger partial charge in [-0.2, -0.15) is 0 Å². The number of hydrogen-bond donors (Lipinski definition) is 1. The van der Waals surface area contributed by atoms with Crippen LogP contribution in [0.4, 0.5) is 0 Å². The largest absolute Gasteiger partial charge is 0.313 e. The van der Waals surface area contributed by atoms with Gasteiger partial charge in [-0.25, -0.2) is 0 Å². The molecular weight excluding hydrogens is 352 g/mol. The molecule has 0 heterocycles. The summed E-state index contributed by atoms with van der Waals surface area (Å²) in [4.78, 5) is 2.00. The van der Waals surface area contributed by atoms with Crippen molar-refractivity contribution in [2.24, 2.45) is 0 Å². The molecule has 0 spiro atoms. The van der Waals surface area contributed by atoms with E-state index in [0.29, 0.717) is 0 Å². The molecule has 0 amide bonds. The van der Waals surface area contributed by atoms with Crippen LogP contribution in [0.5, 0.6) is 0 Å². The summed E-state index contributed by atoms with van der Waals surface area (Å²) in [5.41, 5.74) is 0. The molecule has 0 radical (unpaired) electrons. The number of unbranched alkanes of at least 4 members (excludes halogenated alkanes) is 15. The first-order chi connectivity index (χ1) is 12.6. The summed E-state index contributed by atoms with van der Waals surface area (Å²) < 4.78 is 0.